The van der Waals surface area contributed by atoms with Gasteiger partial charge in [-0.2, -0.15) is 0 Å². The number of amides is 4. The van der Waals surface area contributed by atoms with Crippen molar-refractivity contribution >= 4 is 17.8 Å². The summed E-state index contributed by atoms with van der Waals surface area (Å²) in [6, 6.07) is -0.598. The summed E-state index contributed by atoms with van der Waals surface area (Å²) in [6.45, 7) is 0.935. The average molecular weight is 226 g/mol. The number of hydrogen-bond donors (Lipinski definition) is 1. The Balaban J connectivity index is 1.97. The monoisotopic (exact) mass is 226 g/mol. The third-order valence-electron chi connectivity index (χ3n) is 3.19. The summed E-state index contributed by atoms with van der Waals surface area (Å²) in [6.07, 6.45) is 2.76. The van der Waals surface area contributed by atoms with E-state index in [1.165, 1.54) is 0 Å². The van der Waals surface area contributed by atoms with E-state index in [1.54, 1.807) is 7.11 Å². The van der Waals surface area contributed by atoms with Crippen molar-refractivity contribution in [2.45, 2.75) is 19.3 Å². The molecule has 4 amide bonds. The van der Waals surface area contributed by atoms with Crippen LogP contribution < -0.4 is 5.32 Å². The molecule has 0 radical (unpaired) electrons. The van der Waals surface area contributed by atoms with E-state index < -0.39 is 17.8 Å². The van der Waals surface area contributed by atoms with Crippen LogP contribution in [0.5, 0.6) is 0 Å². The Hall–Kier alpha value is -1.43. The SMILES string of the molecule is COCCC1(CN2C(=O)NC(=O)C2=O)CC1. The third-order valence-corrected chi connectivity index (χ3v) is 3.19. The van der Waals surface area contributed by atoms with Gasteiger partial charge in [-0.25, -0.2) is 4.79 Å². The fraction of sp³-hybridized carbons (Fsp3) is 0.700. The van der Waals surface area contributed by atoms with Gasteiger partial charge in [0.1, 0.15) is 0 Å². The zero-order valence-electron chi connectivity index (χ0n) is 9.12. The predicted molar refractivity (Wildman–Crippen MR) is 53.4 cm³/mol. The number of rotatable bonds is 5. The van der Waals surface area contributed by atoms with Crippen LogP contribution >= 0.6 is 0 Å². The topological polar surface area (TPSA) is 75.7 Å². The van der Waals surface area contributed by atoms with Gasteiger partial charge in [0.2, 0.25) is 0 Å². The van der Waals surface area contributed by atoms with Crippen molar-refractivity contribution in [2.24, 2.45) is 5.41 Å². The van der Waals surface area contributed by atoms with Crippen LogP contribution in [0.3, 0.4) is 0 Å². The van der Waals surface area contributed by atoms with Crippen LogP contribution in [0.4, 0.5) is 4.79 Å². The second kappa shape index (κ2) is 3.86. The highest BCUT2D eigenvalue weighted by atomic mass is 16.5. The maximum atomic E-state index is 11.4. The molecule has 1 saturated carbocycles. The smallest absolute Gasteiger partial charge is 0.331 e. The van der Waals surface area contributed by atoms with E-state index in [9.17, 15) is 14.4 Å². The second-order valence-corrected chi connectivity index (χ2v) is 4.39. The molecule has 88 valence electrons. The number of carbonyl (C=O) groups is 3. The van der Waals surface area contributed by atoms with E-state index >= 15 is 0 Å². The Bertz CT molecular complexity index is 349. The quantitative estimate of drug-likeness (QED) is 0.524. The van der Waals surface area contributed by atoms with E-state index in [-0.39, 0.29) is 5.41 Å². The second-order valence-electron chi connectivity index (χ2n) is 4.39. The first-order valence-corrected chi connectivity index (χ1v) is 5.24. The highest BCUT2D eigenvalue weighted by molar-refractivity contribution is 6.44. The van der Waals surface area contributed by atoms with Gasteiger partial charge >= 0.3 is 17.8 Å². The highest BCUT2D eigenvalue weighted by Gasteiger charge is 2.48. The van der Waals surface area contributed by atoms with Crippen molar-refractivity contribution in [1.82, 2.24) is 10.2 Å². The predicted octanol–water partition coefficient (Wildman–Crippen LogP) is -0.119. The van der Waals surface area contributed by atoms with Crippen LogP contribution in [0, 0.1) is 5.41 Å². The summed E-state index contributed by atoms with van der Waals surface area (Å²) in [4.78, 5) is 34.6. The zero-order valence-corrected chi connectivity index (χ0v) is 9.12. The first-order valence-electron chi connectivity index (χ1n) is 5.24. The van der Waals surface area contributed by atoms with Crippen LogP contribution in [0.15, 0.2) is 0 Å². The lowest BCUT2D eigenvalue weighted by molar-refractivity contribution is -0.140. The maximum Gasteiger partial charge on any atom is 0.331 e. The molecule has 0 aromatic heterocycles. The molecule has 16 heavy (non-hydrogen) atoms. The third kappa shape index (κ3) is 1.92. The van der Waals surface area contributed by atoms with Crippen molar-refractivity contribution in [1.29, 1.82) is 0 Å². The number of nitrogens with zero attached hydrogens (tertiary/aromatic N) is 1. The van der Waals surface area contributed by atoms with Crippen LogP contribution in [0.25, 0.3) is 0 Å². The molecule has 2 fully saturated rings. The van der Waals surface area contributed by atoms with E-state index in [4.69, 9.17) is 4.74 Å². The van der Waals surface area contributed by atoms with Gasteiger partial charge in [0, 0.05) is 20.3 Å². The molecule has 2 rings (SSSR count). The zero-order chi connectivity index (χ0) is 11.8. The molecular formula is C10H14N2O4. The minimum absolute atomic E-state index is 0.0202. The fourth-order valence-corrected chi connectivity index (χ4v) is 1.89. The molecule has 0 atom stereocenters. The molecule has 6 nitrogen and oxygen atoms in total. The Morgan fingerprint density at radius 2 is 2.06 bits per heavy atom. The number of urea groups is 1. The fourth-order valence-electron chi connectivity index (χ4n) is 1.89. The molecule has 1 saturated heterocycles. The van der Waals surface area contributed by atoms with Crippen LogP contribution in [0.1, 0.15) is 19.3 Å². The number of hydrogen-bond acceptors (Lipinski definition) is 4. The Kier molecular flexibility index (Phi) is 2.67. The largest absolute Gasteiger partial charge is 0.385 e. The van der Waals surface area contributed by atoms with Gasteiger partial charge in [0.05, 0.1) is 0 Å². The molecule has 1 aliphatic heterocycles. The van der Waals surface area contributed by atoms with Gasteiger partial charge < -0.3 is 4.74 Å². The molecule has 1 aliphatic carbocycles. The standard InChI is InChI=1S/C10H14N2O4/c1-16-5-4-10(2-3-10)6-12-8(14)7(13)11-9(12)15/h2-6H2,1H3,(H,11,13,15). The van der Waals surface area contributed by atoms with Gasteiger partial charge in [-0.3, -0.25) is 19.8 Å². The van der Waals surface area contributed by atoms with Crippen molar-refractivity contribution in [3.63, 3.8) is 0 Å². The molecule has 0 spiro atoms. The van der Waals surface area contributed by atoms with E-state index in [2.05, 4.69) is 0 Å². The summed E-state index contributed by atoms with van der Waals surface area (Å²) in [5.74, 6) is -1.57. The molecule has 1 heterocycles. The van der Waals surface area contributed by atoms with Gasteiger partial charge in [0.25, 0.3) is 0 Å². The molecule has 2 aliphatic rings. The van der Waals surface area contributed by atoms with Crippen molar-refractivity contribution in [3.8, 4) is 0 Å². The van der Waals surface area contributed by atoms with E-state index in [0.717, 1.165) is 24.2 Å². The normalized spacial score (nSPS) is 22.6. The summed E-state index contributed by atoms with van der Waals surface area (Å²) >= 11 is 0. The summed E-state index contributed by atoms with van der Waals surface area (Å²) in [5, 5.41) is 1.99. The number of imide groups is 2. The van der Waals surface area contributed by atoms with Crippen molar-refractivity contribution in [2.75, 3.05) is 20.3 Å². The first-order chi connectivity index (χ1) is 7.58. The van der Waals surface area contributed by atoms with Gasteiger partial charge in [-0.1, -0.05) is 0 Å². The molecular weight excluding hydrogens is 212 g/mol. The minimum Gasteiger partial charge on any atom is -0.385 e. The molecule has 0 bridgehead atoms. The van der Waals surface area contributed by atoms with Crippen molar-refractivity contribution in [3.05, 3.63) is 0 Å². The number of ether oxygens (including phenoxy) is 1. The van der Waals surface area contributed by atoms with Gasteiger partial charge in [-0.15, -0.1) is 0 Å². The number of methoxy groups -OCH3 is 1. The lowest BCUT2D eigenvalue weighted by Crippen LogP contribution is -2.36. The summed E-state index contributed by atoms with van der Waals surface area (Å²) < 4.78 is 4.99. The lowest BCUT2D eigenvalue weighted by atomic mass is 10.0. The van der Waals surface area contributed by atoms with E-state index in [0.29, 0.717) is 13.2 Å². The summed E-state index contributed by atoms with van der Waals surface area (Å²) in [5.41, 5.74) is -0.0202. The molecule has 0 aromatic carbocycles. The molecule has 0 unspecified atom stereocenters. The Morgan fingerprint density at radius 1 is 1.38 bits per heavy atom. The van der Waals surface area contributed by atoms with Crippen molar-refractivity contribution < 1.29 is 19.1 Å². The molecule has 0 aromatic rings. The molecule has 1 N–H and O–H groups in total. The Morgan fingerprint density at radius 3 is 2.50 bits per heavy atom. The van der Waals surface area contributed by atoms with Crippen LogP contribution in [0.2, 0.25) is 0 Å². The lowest BCUT2D eigenvalue weighted by Gasteiger charge is -2.19. The minimum atomic E-state index is -0.826. The average Bonchev–Trinajstić information content (AvgIpc) is 2.97. The van der Waals surface area contributed by atoms with Gasteiger partial charge in [-0.05, 0) is 24.7 Å². The molecule has 6 heteroatoms. The van der Waals surface area contributed by atoms with E-state index in [1.807, 2.05) is 5.32 Å². The number of nitrogens with one attached hydrogen (secondary N) is 1. The van der Waals surface area contributed by atoms with Crippen LogP contribution in [-0.2, 0) is 14.3 Å². The Labute approximate surface area is 92.9 Å². The first kappa shape index (κ1) is 11.1. The number of carbonyl (C=O) groups excluding carboxylic acids is 3. The summed E-state index contributed by atoms with van der Waals surface area (Å²) in [7, 11) is 1.62. The maximum absolute atomic E-state index is 11.4. The highest BCUT2D eigenvalue weighted by Crippen LogP contribution is 2.49. The van der Waals surface area contributed by atoms with Crippen LogP contribution in [-0.4, -0.2) is 43.0 Å². The van der Waals surface area contributed by atoms with Gasteiger partial charge in [0.15, 0.2) is 0 Å².